The Kier molecular flexibility index (Phi) is 11.6. The van der Waals surface area contributed by atoms with Gasteiger partial charge in [-0.2, -0.15) is 10.4 Å². The summed E-state index contributed by atoms with van der Waals surface area (Å²) < 4.78 is 10.1. The Hall–Kier alpha value is -2.72. The molecule has 0 N–H and O–H groups in total. The molecule has 3 aromatic rings. The van der Waals surface area contributed by atoms with Crippen LogP contribution in [0.1, 0.15) is 123 Å². The number of hydrogen-bond acceptors (Lipinski definition) is 5. The molecule has 1 atom stereocenters. The van der Waals surface area contributed by atoms with Gasteiger partial charge in [-0.15, -0.1) is 0 Å². The first-order valence-corrected chi connectivity index (χ1v) is 15.8. The zero-order valence-electron chi connectivity index (χ0n) is 25.2. The molecule has 0 spiro atoms. The number of fused-ring (bicyclic) bond motifs is 1. The highest BCUT2D eigenvalue weighted by molar-refractivity contribution is 5.90. The third-order valence-electron chi connectivity index (χ3n) is 8.46. The van der Waals surface area contributed by atoms with Gasteiger partial charge in [-0.25, -0.2) is 9.97 Å². The summed E-state index contributed by atoms with van der Waals surface area (Å²) >= 11 is 0. The number of rotatable bonds is 17. The smallest absolute Gasteiger partial charge is 0.145 e. The summed E-state index contributed by atoms with van der Waals surface area (Å²) in [5.74, 6) is 0.532. The largest absolute Gasteiger partial charge is 0.361 e. The van der Waals surface area contributed by atoms with Crippen LogP contribution in [-0.2, 0) is 11.5 Å². The Morgan fingerprint density at radius 2 is 1.70 bits per heavy atom. The fourth-order valence-corrected chi connectivity index (χ4v) is 6.15. The van der Waals surface area contributed by atoms with E-state index in [-0.39, 0.29) is 6.04 Å². The van der Waals surface area contributed by atoms with E-state index in [0.717, 1.165) is 35.3 Å². The molecule has 0 unspecified atom stereocenters. The minimum atomic E-state index is 0.139. The van der Waals surface area contributed by atoms with Crippen LogP contribution >= 0.6 is 0 Å². The summed E-state index contributed by atoms with van der Waals surface area (Å²) in [6.07, 6.45) is 26.2. The molecule has 7 heteroatoms. The Morgan fingerprint density at radius 1 is 1.00 bits per heavy atom. The van der Waals surface area contributed by atoms with Gasteiger partial charge in [-0.05, 0) is 43.1 Å². The average Bonchev–Trinajstić information content (AvgIpc) is 3.71. The summed E-state index contributed by atoms with van der Waals surface area (Å²) in [4.78, 5) is 9.15. The Morgan fingerprint density at radius 3 is 2.40 bits per heavy atom. The molecule has 0 amide bonds. The Balaban J connectivity index is 1.18. The Bertz CT molecular complexity index is 1190. The highest BCUT2D eigenvalue weighted by Crippen LogP contribution is 2.36. The first kappa shape index (κ1) is 30.2. The second kappa shape index (κ2) is 15.3. The van der Waals surface area contributed by atoms with E-state index >= 15 is 0 Å². The predicted molar refractivity (Wildman–Crippen MR) is 162 cm³/mol. The molecule has 1 aliphatic carbocycles. The van der Waals surface area contributed by atoms with E-state index in [4.69, 9.17) is 4.74 Å². The molecule has 1 saturated carbocycles. The van der Waals surface area contributed by atoms with Crippen molar-refractivity contribution in [3.8, 4) is 17.3 Å². The molecule has 4 rings (SSSR count). The fourth-order valence-electron chi connectivity index (χ4n) is 6.15. The lowest BCUT2D eigenvalue weighted by atomic mass is 9.89. The van der Waals surface area contributed by atoms with Crippen LogP contribution in [0.15, 0.2) is 31.0 Å². The summed E-state index contributed by atoms with van der Waals surface area (Å²) in [6, 6.07) is 4.58. The van der Waals surface area contributed by atoms with Gasteiger partial charge in [0.15, 0.2) is 0 Å². The van der Waals surface area contributed by atoms with Crippen molar-refractivity contribution in [3.05, 3.63) is 31.0 Å². The summed E-state index contributed by atoms with van der Waals surface area (Å²) in [5, 5.41) is 15.1. The van der Waals surface area contributed by atoms with Crippen molar-refractivity contribution in [1.82, 2.24) is 24.3 Å². The highest BCUT2D eigenvalue weighted by Gasteiger charge is 2.27. The zero-order chi connectivity index (χ0) is 28.2. The van der Waals surface area contributed by atoms with Crippen molar-refractivity contribution in [1.29, 1.82) is 5.26 Å². The minimum absolute atomic E-state index is 0.139. The molecule has 218 valence electrons. The molecule has 0 saturated heterocycles. The van der Waals surface area contributed by atoms with Crippen molar-refractivity contribution in [2.75, 3.05) is 6.61 Å². The van der Waals surface area contributed by atoms with Gasteiger partial charge in [0.2, 0.25) is 0 Å². The lowest BCUT2D eigenvalue weighted by molar-refractivity contribution is 0.0763. The fraction of sp³-hybridized carbons (Fsp3) is 0.697. The first-order valence-electron chi connectivity index (χ1n) is 15.8. The van der Waals surface area contributed by atoms with Gasteiger partial charge >= 0.3 is 0 Å². The third-order valence-corrected chi connectivity index (χ3v) is 8.46. The molecule has 40 heavy (non-hydrogen) atoms. The SMILES string of the molecule is CC(C)(C)CCCCCCCCCCCOCn1ccc2c(-c3cnn([C@H](CC#N)C4CCCC4)c3)ncnc21. The van der Waals surface area contributed by atoms with Gasteiger partial charge < -0.3 is 9.30 Å². The molecule has 0 aliphatic heterocycles. The van der Waals surface area contributed by atoms with Crippen LogP contribution in [0.25, 0.3) is 22.3 Å². The van der Waals surface area contributed by atoms with Crippen LogP contribution in [0, 0.1) is 22.7 Å². The van der Waals surface area contributed by atoms with E-state index in [2.05, 4.69) is 58.7 Å². The van der Waals surface area contributed by atoms with Crippen LogP contribution in [0.5, 0.6) is 0 Å². The zero-order valence-corrected chi connectivity index (χ0v) is 25.2. The lowest BCUT2D eigenvalue weighted by Gasteiger charge is -2.21. The van der Waals surface area contributed by atoms with Gasteiger partial charge in [0.25, 0.3) is 0 Å². The first-order chi connectivity index (χ1) is 19.5. The minimum Gasteiger partial charge on any atom is -0.361 e. The number of ether oxygens (including phenoxy) is 1. The van der Waals surface area contributed by atoms with Crippen molar-refractivity contribution in [2.45, 2.75) is 130 Å². The number of hydrogen-bond donors (Lipinski definition) is 0. The van der Waals surface area contributed by atoms with Gasteiger partial charge in [-0.3, -0.25) is 4.68 Å². The van der Waals surface area contributed by atoms with Crippen LogP contribution in [0.2, 0.25) is 0 Å². The lowest BCUT2D eigenvalue weighted by Crippen LogP contribution is -2.17. The van der Waals surface area contributed by atoms with Crippen molar-refractivity contribution in [3.63, 3.8) is 0 Å². The number of aromatic nitrogens is 5. The van der Waals surface area contributed by atoms with Crippen molar-refractivity contribution in [2.24, 2.45) is 11.3 Å². The molecule has 0 bridgehead atoms. The average molecular weight is 547 g/mol. The molecule has 0 aromatic carbocycles. The highest BCUT2D eigenvalue weighted by atomic mass is 16.5. The predicted octanol–water partition coefficient (Wildman–Crippen LogP) is 8.86. The summed E-state index contributed by atoms with van der Waals surface area (Å²) in [5.41, 5.74) is 3.21. The van der Waals surface area contributed by atoms with Gasteiger partial charge in [0, 0.05) is 30.0 Å². The molecule has 1 aliphatic rings. The second-order valence-electron chi connectivity index (χ2n) is 13.0. The van der Waals surface area contributed by atoms with E-state index in [0.29, 0.717) is 24.5 Å². The third kappa shape index (κ3) is 8.89. The molecule has 3 heterocycles. The maximum absolute atomic E-state index is 9.40. The summed E-state index contributed by atoms with van der Waals surface area (Å²) in [6.45, 7) is 8.29. The topological polar surface area (TPSA) is 81.5 Å². The molecule has 7 nitrogen and oxygen atoms in total. The normalized spacial score (nSPS) is 15.2. The molecular formula is C33H50N6O. The van der Waals surface area contributed by atoms with Crippen LogP contribution in [-0.4, -0.2) is 30.9 Å². The second-order valence-corrected chi connectivity index (χ2v) is 13.0. The van der Waals surface area contributed by atoms with E-state index in [1.165, 1.54) is 83.5 Å². The number of unbranched alkanes of at least 4 members (excludes halogenated alkanes) is 8. The van der Waals surface area contributed by atoms with E-state index in [1.54, 1.807) is 6.33 Å². The molecule has 0 radical (unpaired) electrons. The van der Waals surface area contributed by atoms with E-state index in [1.807, 2.05) is 17.1 Å². The van der Waals surface area contributed by atoms with E-state index < -0.39 is 0 Å². The standard InChI is InChI=1S/C33H50N6O/c1-33(2,3)19-13-9-7-5-4-6-8-10-14-22-40-26-38-21-18-29-31(35-25-36-32(29)38)28-23-37-39(24-28)30(17-20-34)27-15-11-12-16-27/h18,21,23-25,27,30H,4-17,19,22,26H2,1-3H3/t30-/m1/s1. The van der Waals surface area contributed by atoms with E-state index in [9.17, 15) is 5.26 Å². The molecule has 3 aromatic heterocycles. The summed E-state index contributed by atoms with van der Waals surface area (Å²) in [7, 11) is 0. The van der Waals surface area contributed by atoms with Gasteiger partial charge in [0.1, 0.15) is 18.7 Å². The van der Waals surface area contributed by atoms with Crippen LogP contribution in [0.4, 0.5) is 0 Å². The molecular weight excluding hydrogens is 496 g/mol. The maximum Gasteiger partial charge on any atom is 0.145 e. The maximum atomic E-state index is 9.40. The number of nitriles is 1. The van der Waals surface area contributed by atoms with Gasteiger partial charge in [-0.1, -0.05) is 85.0 Å². The number of nitrogens with zero attached hydrogens (tertiary/aromatic N) is 6. The monoisotopic (exact) mass is 546 g/mol. The van der Waals surface area contributed by atoms with Crippen LogP contribution in [0.3, 0.4) is 0 Å². The Labute approximate surface area is 241 Å². The van der Waals surface area contributed by atoms with Crippen molar-refractivity contribution >= 4 is 11.0 Å². The van der Waals surface area contributed by atoms with Gasteiger partial charge in [0.05, 0.1) is 30.4 Å². The van der Waals surface area contributed by atoms with Crippen LogP contribution < -0.4 is 0 Å². The quantitative estimate of drug-likeness (QED) is 0.158. The molecule has 1 fully saturated rings. The van der Waals surface area contributed by atoms with Crippen molar-refractivity contribution < 1.29 is 4.74 Å².